The van der Waals surface area contributed by atoms with E-state index in [2.05, 4.69) is 10.3 Å². The average Bonchev–Trinajstić information content (AvgIpc) is 3.41. The molecular formula is C25H21FN4O2S. The fourth-order valence-corrected chi connectivity index (χ4v) is 4.90. The van der Waals surface area contributed by atoms with Crippen LogP contribution >= 0.6 is 11.8 Å². The molecule has 1 aliphatic rings. The summed E-state index contributed by atoms with van der Waals surface area (Å²) in [4.78, 5) is 32.1. The summed E-state index contributed by atoms with van der Waals surface area (Å²) in [6.07, 6.45) is 0.849. The highest BCUT2D eigenvalue weighted by Gasteiger charge is 2.25. The molecule has 0 atom stereocenters. The predicted molar refractivity (Wildman–Crippen MR) is 128 cm³/mol. The van der Waals surface area contributed by atoms with Crippen LogP contribution in [0.3, 0.4) is 0 Å². The van der Waals surface area contributed by atoms with Crippen molar-refractivity contribution in [1.82, 2.24) is 9.55 Å². The number of hydrogen-bond donors (Lipinski definition) is 1. The number of para-hydroxylation sites is 4. The predicted octanol–water partition coefficient (Wildman–Crippen LogP) is 4.50. The van der Waals surface area contributed by atoms with Gasteiger partial charge in [0.05, 0.1) is 22.5 Å². The second kappa shape index (κ2) is 9.07. The molecule has 1 N–H and O–H groups in total. The largest absolute Gasteiger partial charge is 0.322 e. The zero-order valence-electron chi connectivity index (χ0n) is 17.7. The Kier molecular flexibility index (Phi) is 5.83. The number of anilines is 2. The van der Waals surface area contributed by atoms with Crippen LogP contribution in [0.15, 0.2) is 78.0 Å². The maximum atomic E-state index is 13.9. The highest BCUT2D eigenvalue weighted by molar-refractivity contribution is 7.99. The maximum absolute atomic E-state index is 13.9. The van der Waals surface area contributed by atoms with Crippen molar-refractivity contribution in [3.05, 3.63) is 84.2 Å². The number of imidazole rings is 1. The van der Waals surface area contributed by atoms with Crippen molar-refractivity contribution in [2.24, 2.45) is 0 Å². The van der Waals surface area contributed by atoms with Crippen LogP contribution in [0.1, 0.15) is 5.56 Å². The van der Waals surface area contributed by atoms with Gasteiger partial charge < -0.3 is 14.8 Å². The van der Waals surface area contributed by atoms with Crippen molar-refractivity contribution in [2.75, 3.05) is 22.5 Å². The van der Waals surface area contributed by atoms with Crippen LogP contribution in [0.5, 0.6) is 0 Å². The van der Waals surface area contributed by atoms with E-state index in [0.717, 1.165) is 23.1 Å². The Morgan fingerprint density at radius 1 is 1.00 bits per heavy atom. The van der Waals surface area contributed by atoms with Gasteiger partial charge in [0.1, 0.15) is 12.4 Å². The molecule has 2 amide bonds. The molecule has 0 aliphatic carbocycles. The fourth-order valence-electron chi connectivity index (χ4n) is 4.01. The van der Waals surface area contributed by atoms with Crippen LogP contribution in [0, 0.1) is 5.82 Å². The number of carbonyl (C=O) groups is 2. The topological polar surface area (TPSA) is 67.2 Å². The van der Waals surface area contributed by atoms with Gasteiger partial charge in [0, 0.05) is 12.2 Å². The van der Waals surface area contributed by atoms with E-state index in [-0.39, 0.29) is 29.8 Å². The Balaban J connectivity index is 1.34. The van der Waals surface area contributed by atoms with Crippen molar-refractivity contribution in [2.45, 2.75) is 18.1 Å². The minimum absolute atomic E-state index is 0.000589. The molecule has 0 bridgehead atoms. The van der Waals surface area contributed by atoms with Crippen LogP contribution in [0.4, 0.5) is 15.8 Å². The number of nitrogens with one attached hydrogen (secondary N) is 1. The van der Waals surface area contributed by atoms with Gasteiger partial charge in [-0.25, -0.2) is 9.37 Å². The average molecular weight is 461 g/mol. The van der Waals surface area contributed by atoms with E-state index in [1.165, 1.54) is 29.5 Å². The van der Waals surface area contributed by atoms with Gasteiger partial charge in [0.15, 0.2) is 5.16 Å². The Morgan fingerprint density at radius 2 is 1.76 bits per heavy atom. The Hall–Kier alpha value is -3.65. The lowest BCUT2D eigenvalue weighted by molar-refractivity contribution is -0.117. The standard InChI is InChI=1S/C25H21FN4O2S/c26-18-8-2-3-9-19(18)27-23(31)15-30-22-12-6-4-10-20(22)28-25(30)33-16-24(32)29-14-13-17-7-1-5-11-21(17)29/h1-12H,13-16H2,(H,27,31). The SMILES string of the molecule is O=C(Cn1c(SCC(=O)N2CCc3ccccc32)nc2ccccc21)Nc1ccccc1F. The van der Waals surface area contributed by atoms with Crippen molar-refractivity contribution < 1.29 is 14.0 Å². The van der Waals surface area contributed by atoms with Gasteiger partial charge >= 0.3 is 0 Å². The molecule has 1 aliphatic heterocycles. The Bertz CT molecular complexity index is 1350. The van der Waals surface area contributed by atoms with E-state index in [1.807, 2.05) is 48.5 Å². The molecule has 0 unspecified atom stereocenters. The zero-order valence-corrected chi connectivity index (χ0v) is 18.5. The lowest BCUT2D eigenvalue weighted by atomic mass is 10.2. The monoisotopic (exact) mass is 460 g/mol. The smallest absolute Gasteiger partial charge is 0.244 e. The van der Waals surface area contributed by atoms with Gasteiger partial charge in [-0.05, 0) is 42.3 Å². The number of thioether (sulfide) groups is 1. The van der Waals surface area contributed by atoms with Gasteiger partial charge in [0.25, 0.3) is 0 Å². The van der Waals surface area contributed by atoms with Crippen LogP contribution in [0.2, 0.25) is 0 Å². The normalized spacial score (nSPS) is 12.7. The molecule has 3 aromatic carbocycles. The molecule has 0 radical (unpaired) electrons. The van der Waals surface area contributed by atoms with Gasteiger partial charge in [0.2, 0.25) is 11.8 Å². The van der Waals surface area contributed by atoms with Crippen LogP contribution < -0.4 is 10.2 Å². The first-order valence-electron chi connectivity index (χ1n) is 10.6. The van der Waals surface area contributed by atoms with Crippen LogP contribution in [0.25, 0.3) is 11.0 Å². The van der Waals surface area contributed by atoms with E-state index >= 15 is 0 Å². The summed E-state index contributed by atoms with van der Waals surface area (Å²) in [6, 6.07) is 21.5. The number of amides is 2. The summed E-state index contributed by atoms with van der Waals surface area (Å²) in [5.41, 5.74) is 3.78. The molecule has 4 aromatic rings. The molecule has 0 saturated carbocycles. The number of rotatable bonds is 6. The maximum Gasteiger partial charge on any atom is 0.244 e. The summed E-state index contributed by atoms with van der Waals surface area (Å²) >= 11 is 1.30. The lowest BCUT2D eigenvalue weighted by Gasteiger charge is -2.17. The summed E-state index contributed by atoms with van der Waals surface area (Å²) in [7, 11) is 0. The molecule has 6 nitrogen and oxygen atoms in total. The van der Waals surface area contributed by atoms with Crippen molar-refractivity contribution in [1.29, 1.82) is 0 Å². The van der Waals surface area contributed by atoms with Gasteiger partial charge in [-0.1, -0.05) is 54.2 Å². The Labute approximate surface area is 194 Å². The van der Waals surface area contributed by atoms with Gasteiger partial charge in [-0.15, -0.1) is 0 Å². The molecular weight excluding hydrogens is 439 g/mol. The van der Waals surface area contributed by atoms with E-state index in [4.69, 9.17) is 0 Å². The fraction of sp³-hybridized carbons (Fsp3) is 0.160. The summed E-state index contributed by atoms with van der Waals surface area (Å²) in [6.45, 7) is 0.623. The van der Waals surface area contributed by atoms with Gasteiger partial charge in [-0.2, -0.15) is 0 Å². The van der Waals surface area contributed by atoms with Crippen molar-refractivity contribution in [3.8, 4) is 0 Å². The molecule has 33 heavy (non-hydrogen) atoms. The van der Waals surface area contributed by atoms with Crippen molar-refractivity contribution >= 4 is 46.0 Å². The second-order valence-electron chi connectivity index (χ2n) is 7.71. The second-order valence-corrected chi connectivity index (χ2v) is 8.65. The third-order valence-corrected chi connectivity index (χ3v) is 6.54. The third kappa shape index (κ3) is 4.34. The molecule has 0 fully saturated rings. The minimum atomic E-state index is -0.493. The first-order valence-corrected chi connectivity index (χ1v) is 11.6. The van der Waals surface area contributed by atoms with E-state index < -0.39 is 5.82 Å². The first-order chi connectivity index (χ1) is 16.1. The number of fused-ring (bicyclic) bond motifs is 2. The number of hydrogen-bond acceptors (Lipinski definition) is 4. The van der Waals surface area contributed by atoms with E-state index in [9.17, 15) is 14.0 Å². The zero-order chi connectivity index (χ0) is 22.8. The molecule has 0 saturated heterocycles. The molecule has 2 heterocycles. The molecule has 166 valence electrons. The molecule has 1 aromatic heterocycles. The number of nitrogens with zero attached hydrogens (tertiary/aromatic N) is 3. The highest BCUT2D eigenvalue weighted by Crippen LogP contribution is 2.30. The first kappa shape index (κ1) is 21.2. The third-order valence-electron chi connectivity index (χ3n) is 5.58. The number of aromatic nitrogens is 2. The van der Waals surface area contributed by atoms with E-state index in [1.54, 1.807) is 21.6 Å². The summed E-state index contributed by atoms with van der Waals surface area (Å²) in [5.74, 6) is -0.663. The van der Waals surface area contributed by atoms with Crippen molar-refractivity contribution in [3.63, 3.8) is 0 Å². The molecule has 0 spiro atoms. The molecule has 5 rings (SSSR count). The number of carbonyl (C=O) groups excluding carboxylic acids is 2. The van der Waals surface area contributed by atoms with Crippen LogP contribution in [-0.2, 0) is 22.6 Å². The number of halogens is 1. The number of benzene rings is 3. The van der Waals surface area contributed by atoms with Crippen LogP contribution in [-0.4, -0.2) is 33.7 Å². The highest BCUT2D eigenvalue weighted by atomic mass is 32.2. The summed E-state index contributed by atoms with van der Waals surface area (Å²) in [5, 5.41) is 3.18. The van der Waals surface area contributed by atoms with Gasteiger partial charge in [-0.3, -0.25) is 9.59 Å². The molecule has 8 heteroatoms. The van der Waals surface area contributed by atoms with E-state index in [0.29, 0.717) is 11.7 Å². The quantitative estimate of drug-likeness (QED) is 0.431. The lowest BCUT2D eigenvalue weighted by Crippen LogP contribution is -2.30. The summed E-state index contributed by atoms with van der Waals surface area (Å²) < 4.78 is 15.7. The minimum Gasteiger partial charge on any atom is -0.322 e. The Morgan fingerprint density at radius 3 is 2.64 bits per heavy atom.